The fraction of sp³-hybridized carbons (Fsp3) is 0.233. The van der Waals surface area contributed by atoms with Crippen molar-refractivity contribution in [1.29, 1.82) is 0 Å². The molecule has 0 heterocycles. The summed E-state index contributed by atoms with van der Waals surface area (Å²) in [6, 6.07) is 24.1. The maximum atomic E-state index is 12.6. The molecule has 1 aliphatic carbocycles. The Morgan fingerprint density at radius 1 is 0.909 bits per heavy atom. The number of rotatable bonds is 6. The van der Waals surface area contributed by atoms with E-state index in [9.17, 15) is 4.79 Å². The van der Waals surface area contributed by atoms with E-state index in [0.717, 1.165) is 47.6 Å². The molecule has 0 saturated carbocycles. The highest BCUT2D eigenvalue weighted by Gasteiger charge is 2.17. The van der Waals surface area contributed by atoms with Crippen molar-refractivity contribution in [3.8, 4) is 23.7 Å². The van der Waals surface area contributed by atoms with Crippen LogP contribution in [0.1, 0.15) is 36.8 Å². The first-order valence-electron chi connectivity index (χ1n) is 11.3. The van der Waals surface area contributed by atoms with E-state index in [0.29, 0.717) is 12.2 Å². The van der Waals surface area contributed by atoms with Gasteiger partial charge < -0.3 is 9.47 Å². The van der Waals surface area contributed by atoms with Gasteiger partial charge in [-0.05, 0) is 40.8 Å². The van der Waals surface area contributed by atoms with E-state index in [1.165, 1.54) is 0 Å². The smallest absolute Gasteiger partial charge is 0.333 e. The average Bonchev–Trinajstić information content (AvgIpc) is 2.85. The summed E-state index contributed by atoms with van der Waals surface area (Å²) in [6.45, 7) is 0.215. The standard InChI is InChI=1S/C30H26O3/c31-30(23-32-22-24-13-6-5-7-14-24)33-29-20-9-4-2-1-3-8-16-27(29)21-26-18-12-17-25-15-10-11-19-28(25)26/h5-7,10-15,17-19,21,29H,1-4,22-23H2/b27-21+. The minimum Gasteiger partial charge on any atom is -0.442 e. The van der Waals surface area contributed by atoms with Crippen molar-refractivity contribution < 1.29 is 14.3 Å². The molecule has 0 aliphatic heterocycles. The third-order valence-corrected chi connectivity index (χ3v) is 5.32. The Bertz CT molecular complexity index is 1240. The van der Waals surface area contributed by atoms with Crippen molar-refractivity contribution in [2.45, 2.75) is 38.4 Å². The zero-order valence-corrected chi connectivity index (χ0v) is 18.6. The summed E-state index contributed by atoms with van der Waals surface area (Å²) in [5, 5.41) is 2.27. The number of esters is 1. The molecule has 0 N–H and O–H groups in total. The molecule has 33 heavy (non-hydrogen) atoms. The number of hydrogen-bond donors (Lipinski definition) is 0. The van der Waals surface area contributed by atoms with Gasteiger partial charge in [-0.2, -0.15) is 0 Å². The first-order valence-corrected chi connectivity index (χ1v) is 11.3. The Kier molecular flexibility index (Phi) is 7.96. The molecule has 0 radical (unpaired) electrons. The van der Waals surface area contributed by atoms with E-state index >= 15 is 0 Å². The summed E-state index contributed by atoms with van der Waals surface area (Å²) in [5.41, 5.74) is 2.72. The second-order valence-corrected chi connectivity index (χ2v) is 7.85. The first kappa shape index (κ1) is 22.4. The van der Waals surface area contributed by atoms with Gasteiger partial charge in [0.15, 0.2) is 6.10 Å². The van der Waals surface area contributed by atoms with E-state index in [1.54, 1.807) is 0 Å². The molecule has 3 aromatic carbocycles. The lowest BCUT2D eigenvalue weighted by molar-refractivity contribution is -0.150. The molecule has 4 rings (SSSR count). The van der Waals surface area contributed by atoms with Gasteiger partial charge in [0.05, 0.1) is 12.2 Å². The van der Waals surface area contributed by atoms with E-state index in [2.05, 4.69) is 41.9 Å². The summed E-state index contributed by atoms with van der Waals surface area (Å²) in [7, 11) is 0. The molecular weight excluding hydrogens is 408 g/mol. The van der Waals surface area contributed by atoms with Crippen LogP contribution in [-0.2, 0) is 20.9 Å². The van der Waals surface area contributed by atoms with Crippen molar-refractivity contribution in [2.75, 3.05) is 6.61 Å². The maximum Gasteiger partial charge on any atom is 0.333 e. The van der Waals surface area contributed by atoms with Crippen LogP contribution >= 0.6 is 0 Å². The number of hydrogen-bond acceptors (Lipinski definition) is 3. The number of fused-ring (bicyclic) bond motifs is 1. The zero-order chi connectivity index (χ0) is 22.7. The zero-order valence-electron chi connectivity index (χ0n) is 18.6. The Hall–Kier alpha value is -3.79. The highest BCUT2D eigenvalue weighted by Crippen LogP contribution is 2.22. The fourth-order valence-electron chi connectivity index (χ4n) is 3.64. The first-order chi connectivity index (χ1) is 16.3. The Morgan fingerprint density at radius 3 is 2.55 bits per heavy atom. The summed E-state index contributed by atoms with van der Waals surface area (Å²) < 4.78 is 11.3. The van der Waals surface area contributed by atoms with Gasteiger partial charge in [0, 0.05) is 12.8 Å². The average molecular weight is 435 g/mol. The van der Waals surface area contributed by atoms with Gasteiger partial charge in [-0.3, -0.25) is 0 Å². The van der Waals surface area contributed by atoms with E-state index in [1.807, 2.05) is 60.7 Å². The van der Waals surface area contributed by atoms with Crippen molar-refractivity contribution in [2.24, 2.45) is 0 Å². The fourth-order valence-corrected chi connectivity index (χ4v) is 3.64. The van der Waals surface area contributed by atoms with Crippen LogP contribution in [0.4, 0.5) is 0 Å². The number of carbonyl (C=O) groups excluding carboxylic acids is 1. The SMILES string of the molecule is O=C(COCc1ccccc1)OC1C#CCCCCC#C/C1=C\c1cccc2ccccc12. The second kappa shape index (κ2) is 11.7. The molecule has 0 saturated heterocycles. The van der Waals surface area contributed by atoms with Crippen LogP contribution in [0.15, 0.2) is 78.4 Å². The molecule has 0 amide bonds. The number of carbonyl (C=O) groups is 1. The molecule has 3 aromatic rings. The lowest BCUT2D eigenvalue weighted by atomic mass is 10.00. The van der Waals surface area contributed by atoms with Crippen molar-refractivity contribution >= 4 is 22.8 Å². The largest absolute Gasteiger partial charge is 0.442 e. The van der Waals surface area contributed by atoms with Gasteiger partial charge in [-0.1, -0.05) is 96.5 Å². The van der Waals surface area contributed by atoms with Gasteiger partial charge in [0.25, 0.3) is 0 Å². The molecule has 0 fully saturated rings. The Balaban J connectivity index is 1.55. The normalized spacial score (nSPS) is 16.8. The highest BCUT2D eigenvalue weighted by molar-refractivity contribution is 5.91. The molecule has 0 spiro atoms. The van der Waals surface area contributed by atoms with Gasteiger partial charge in [-0.15, -0.1) is 0 Å². The summed E-state index contributed by atoms with van der Waals surface area (Å²) in [5.74, 6) is 12.3. The van der Waals surface area contributed by atoms with E-state index < -0.39 is 12.1 Å². The summed E-state index contributed by atoms with van der Waals surface area (Å²) >= 11 is 0. The molecule has 3 heteroatoms. The third kappa shape index (κ3) is 6.59. The molecule has 1 aliphatic rings. The third-order valence-electron chi connectivity index (χ3n) is 5.32. The number of benzene rings is 3. The molecule has 3 nitrogen and oxygen atoms in total. The van der Waals surface area contributed by atoms with Crippen LogP contribution < -0.4 is 0 Å². The monoisotopic (exact) mass is 434 g/mol. The minimum absolute atomic E-state index is 0.137. The summed E-state index contributed by atoms with van der Waals surface area (Å²) in [6.07, 6.45) is 4.85. The van der Waals surface area contributed by atoms with Crippen LogP contribution in [-0.4, -0.2) is 18.7 Å². The molecular formula is C30H26O3. The predicted octanol–water partition coefficient (Wildman–Crippen LogP) is 5.93. The molecule has 1 unspecified atom stereocenters. The molecule has 0 bridgehead atoms. The minimum atomic E-state index is -0.720. The summed E-state index contributed by atoms with van der Waals surface area (Å²) in [4.78, 5) is 12.6. The van der Waals surface area contributed by atoms with E-state index in [-0.39, 0.29) is 6.61 Å². The van der Waals surface area contributed by atoms with Gasteiger partial charge in [0.1, 0.15) is 6.61 Å². The van der Waals surface area contributed by atoms with Gasteiger partial charge in [-0.25, -0.2) is 4.79 Å². The maximum absolute atomic E-state index is 12.6. The van der Waals surface area contributed by atoms with Crippen LogP contribution in [0, 0.1) is 23.7 Å². The van der Waals surface area contributed by atoms with Crippen LogP contribution in [0.2, 0.25) is 0 Å². The Morgan fingerprint density at radius 2 is 1.67 bits per heavy atom. The predicted molar refractivity (Wildman–Crippen MR) is 132 cm³/mol. The van der Waals surface area contributed by atoms with Crippen LogP contribution in [0.5, 0.6) is 0 Å². The lowest BCUT2D eigenvalue weighted by Crippen LogP contribution is -2.22. The van der Waals surface area contributed by atoms with Crippen LogP contribution in [0.25, 0.3) is 16.8 Å². The Labute approximate surface area is 195 Å². The lowest BCUT2D eigenvalue weighted by Gasteiger charge is -2.14. The highest BCUT2D eigenvalue weighted by atomic mass is 16.6. The van der Waals surface area contributed by atoms with Crippen LogP contribution in [0.3, 0.4) is 0 Å². The van der Waals surface area contributed by atoms with Crippen molar-refractivity contribution in [3.05, 3.63) is 89.5 Å². The van der Waals surface area contributed by atoms with Gasteiger partial charge >= 0.3 is 5.97 Å². The van der Waals surface area contributed by atoms with Crippen molar-refractivity contribution in [3.63, 3.8) is 0 Å². The van der Waals surface area contributed by atoms with Gasteiger partial charge in [0.2, 0.25) is 0 Å². The number of ether oxygens (including phenoxy) is 2. The molecule has 0 aromatic heterocycles. The van der Waals surface area contributed by atoms with Crippen molar-refractivity contribution in [1.82, 2.24) is 0 Å². The molecule has 1 atom stereocenters. The van der Waals surface area contributed by atoms with E-state index in [4.69, 9.17) is 9.47 Å². The second-order valence-electron chi connectivity index (χ2n) is 7.85. The quantitative estimate of drug-likeness (QED) is 0.356. The molecule has 164 valence electrons. The topological polar surface area (TPSA) is 35.5 Å².